The van der Waals surface area contributed by atoms with Gasteiger partial charge in [0, 0.05) is 25.7 Å². The number of nitrogens with two attached hydrogens (primary N) is 1. The predicted octanol–water partition coefficient (Wildman–Crippen LogP) is 1.23. The smallest absolute Gasteiger partial charge is 0.167 e. The molecule has 0 fully saturated rings. The molecule has 3 N–H and O–H groups in total. The Bertz CT molecular complexity index is 369. The van der Waals surface area contributed by atoms with Gasteiger partial charge in [-0.05, 0) is 6.92 Å². The van der Waals surface area contributed by atoms with Gasteiger partial charge in [0.1, 0.15) is 0 Å². The number of aliphatic hydroxyl groups excluding tert-OH is 1. The molecule has 1 aromatic carbocycles. The summed E-state index contributed by atoms with van der Waals surface area (Å²) in [6.07, 6.45) is -0.486. The first-order valence-electron chi connectivity index (χ1n) is 4.98. The van der Waals surface area contributed by atoms with Gasteiger partial charge in [0.25, 0.3) is 0 Å². The van der Waals surface area contributed by atoms with Gasteiger partial charge in [-0.25, -0.2) is 4.39 Å². The van der Waals surface area contributed by atoms with Crippen LogP contribution in [0.15, 0.2) is 12.1 Å². The number of benzene rings is 1. The van der Waals surface area contributed by atoms with E-state index in [1.54, 1.807) is 18.9 Å². The number of aliphatic hydroxyl groups is 1. The van der Waals surface area contributed by atoms with E-state index in [4.69, 9.17) is 10.5 Å². The van der Waals surface area contributed by atoms with E-state index in [1.807, 2.05) is 0 Å². The van der Waals surface area contributed by atoms with Crippen LogP contribution in [-0.4, -0.2) is 31.9 Å². The second-order valence-corrected chi connectivity index (χ2v) is 3.78. The van der Waals surface area contributed by atoms with Crippen molar-refractivity contribution in [2.75, 3.05) is 31.3 Å². The van der Waals surface area contributed by atoms with Gasteiger partial charge in [-0.1, -0.05) is 0 Å². The Labute approximate surface area is 94.4 Å². The Morgan fingerprint density at radius 1 is 1.56 bits per heavy atom. The van der Waals surface area contributed by atoms with E-state index in [1.165, 1.54) is 19.2 Å². The summed E-state index contributed by atoms with van der Waals surface area (Å²) < 4.78 is 18.2. The third-order valence-corrected chi connectivity index (χ3v) is 2.25. The van der Waals surface area contributed by atoms with Crippen LogP contribution in [0.2, 0.25) is 0 Å². The molecule has 0 heterocycles. The standard InChI is InChI=1S/C11H17FN2O2/c1-7(15)6-14(2)10-5-11(16-3)8(12)4-9(10)13/h4-5,7,15H,6,13H2,1-3H3. The van der Waals surface area contributed by atoms with Crippen LogP contribution in [0.5, 0.6) is 5.75 Å². The molecule has 0 amide bonds. The van der Waals surface area contributed by atoms with E-state index in [2.05, 4.69) is 0 Å². The summed E-state index contributed by atoms with van der Waals surface area (Å²) in [5, 5.41) is 9.27. The monoisotopic (exact) mass is 228 g/mol. The number of nitrogens with zero attached hydrogens (tertiary/aromatic N) is 1. The fourth-order valence-electron chi connectivity index (χ4n) is 1.54. The number of methoxy groups -OCH3 is 1. The van der Waals surface area contributed by atoms with Crippen molar-refractivity contribution >= 4 is 11.4 Å². The molecular weight excluding hydrogens is 211 g/mol. The van der Waals surface area contributed by atoms with Crippen LogP contribution in [0, 0.1) is 5.82 Å². The second kappa shape index (κ2) is 5.03. The molecule has 0 bridgehead atoms. The second-order valence-electron chi connectivity index (χ2n) is 3.78. The minimum atomic E-state index is -0.491. The average Bonchev–Trinajstić information content (AvgIpc) is 2.16. The molecule has 1 aromatic rings. The molecule has 1 rings (SSSR count). The van der Waals surface area contributed by atoms with Gasteiger partial charge in [-0.15, -0.1) is 0 Å². The van der Waals surface area contributed by atoms with E-state index in [0.717, 1.165) is 0 Å². The van der Waals surface area contributed by atoms with Gasteiger partial charge in [-0.3, -0.25) is 0 Å². The first-order valence-corrected chi connectivity index (χ1v) is 4.98. The molecule has 4 nitrogen and oxygen atoms in total. The lowest BCUT2D eigenvalue weighted by molar-refractivity contribution is 0.201. The van der Waals surface area contributed by atoms with E-state index in [9.17, 15) is 9.50 Å². The number of halogens is 1. The first-order chi connectivity index (χ1) is 7.45. The fraction of sp³-hybridized carbons (Fsp3) is 0.455. The first kappa shape index (κ1) is 12.6. The number of nitrogen functional groups attached to an aromatic ring is 1. The number of likely N-dealkylation sites (N-methyl/N-ethyl adjacent to an activating group) is 1. The molecule has 0 saturated heterocycles. The highest BCUT2D eigenvalue weighted by Gasteiger charge is 2.12. The van der Waals surface area contributed by atoms with Gasteiger partial charge in [0.2, 0.25) is 0 Å². The maximum Gasteiger partial charge on any atom is 0.167 e. The van der Waals surface area contributed by atoms with Crippen molar-refractivity contribution in [3.63, 3.8) is 0 Å². The van der Waals surface area contributed by atoms with E-state index in [-0.39, 0.29) is 5.75 Å². The number of hydrogen-bond acceptors (Lipinski definition) is 4. The zero-order valence-electron chi connectivity index (χ0n) is 9.70. The number of anilines is 2. The summed E-state index contributed by atoms with van der Waals surface area (Å²) in [5.74, 6) is -0.351. The lowest BCUT2D eigenvalue weighted by Crippen LogP contribution is -2.27. The van der Waals surface area contributed by atoms with Gasteiger partial charge in [0.05, 0.1) is 24.6 Å². The summed E-state index contributed by atoms with van der Waals surface area (Å²) >= 11 is 0. The molecule has 0 aliphatic rings. The van der Waals surface area contributed by atoms with Crippen LogP contribution >= 0.6 is 0 Å². The van der Waals surface area contributed by atoms with Crippen LogP contribution in [0.1, 0.15) is 6.92 Å². The highest BCUT2D eigenvalue weighted by molar-refractivity contribution is 5.69. The van der Waals surface area contributed by atoms with Crippen molar-refractivity contribution in [3.8, 4) is 5.75 Å². The Morgan fingerprint density at radius 3 is 2.69 bits per heavy atom. The molecule has 5 heteroatoms. The fourth-order valence-corrected chi connectivity index (χ4v) is 1.54. The lowest BCUT2D eigenvalue weighted by Gasteiger charge is -2.23. The van der Waals surface area contributed by atoms with Gasteiger partial charge < -0.3 is 20.5 Å². The summed E-state index contributed by atoms with van der Waals surface area (Å²) in [6.45, 7) is 2.09. The van der Waals surface area contributed by atoms with Crippen molar-refractivity contribution in [2.45, 2.75) is 13.0 Å². The van der Waals surface area contributed by atoms with E-state index < -0.39 is 11.9 Å². The highest BCUT2D eigenvalue weighted by Crippen LogP contribution is 2.30. The minimum absolute atomic E-state index is 0.140. The Hall–Kier alpha value is -1.49. The molecule has 0 saturated carbocycles. The molecular formula is C11H17FN2O2. The summed E-state index contributed by atoms with van der Waals surface area (Å²) in [6, 6.07) is 2.74. The Morgan fingerprint density at radius 2 is 2.19 bits per heavy atom. The molecule has 90 valence electrons. The van der Waals surface area contributed by atoms with Crippen molar-refractivity contribution in [2.24, 2.45) is 0 Å². The van der Waals surface area contributed by atoms with E-state index >= 15 is 0 Å². The maximum absolute atomic E-state index is 13.3. The molecule has 0 aliphatic heterocycles. The number of hydrogen-bond donors (Lipinski definition) is 2. The summed E-state index contributed by atoms with van der Waals surface area (Å²) in [7, 11) is 3.17. The van der Waals surface area contributed by atoms with Gasteiger partial charge in [-0.2, -0.15) is 0 Å². The zero-order chi connectivity index (χ0) is 12.3. The zero-order valence-corrected chi connectivity index (χ0v) is 9.70. The normalized spacial score (nSPS) is 12.3. The predicted molar refractivity (Wildman–Crippen MR) is 62.3 cm³/mol. The quantitative estimate of drug-likeness (QED) is 0.761. The number of rotatable bonds is 4. The molecule has 1 unspecified atom stereocenters. The molecule has 16 heavy (non-hydrogen) atoms. The van der Waals surface area contributed by atoms with Crippen molar-refractivity contribution in [1.29, 1.82) is 0 Å². The van der Waals surface area contributed by atoms with Crippen molar-refractivity contribution in [3.05, 3.63) is 17.9 Å². The Kier molecular flexibility index (Phi) is 3.95. The molecule has 0 spiro atoms. The van der Waals surface area contributed by atoms with Crippen LogP contribution in [-0.2, 0) is 0 Å². The lowest BCUT2D eigenvalue weighted by atomic mass is 10.2. The van der Waals surface area contributed by atoms with Gasteiger partial charge >= 0.3 is 0 Å². The van der Waals surface area contributed by atoms with Crippen LogP contribution in [0.4, 0.5) is 15.8 Å². The Balaban J connectivity index is 3.03. The summed E-state index contributed by atoms with van der Waals surface area (Å²) in [5.41, 5.74) is 6.66. The van der Waals surface area contributed by atoms with Crippen LogP contribution in [0.3, 0.4) is 0 Å². The molecule has 1 atom stereocenters. The summed E-state index contributed by atoms with van der Waals surface area (Å²) in [4.78, 5) is 1.75. The third-order valence-electron chi connectivity index (χ3n) is 2.25. The SMILES string of the molecule is COc1cc(N(C)CC(C)O)c(N)cc1F. The van der Waals surface area contributed by atoms with Crippen LogP contribution in [0.25, 0.3) is 0 Å². The van der Waals surface area contributed by atoms with Crippen LogP contribution < -0.4 is 15.4 Å². The molecule has 0 aromatic heterocycles. The largest absolute Gasteiger partial charge is 0.494 e. The minimum Gasteiger partial charge on any atom is -0.494 e. The van der Waals surface area contributed by atoms with E-state index in [0.29, 0.717) is 17.9 Å². The molecule has 0 radical (unpaired) electrons. The number of ether oxygens (including phenoxy) is 1. The average molecular weight is 228 g/mol. The third kappa shape index (κ3) is 2.76. The van der Waals surface area contributed by atoms with Crippen molar-refractivity contribution < 1.29 is 14.2 Å². The van der Waals surface area contributed by atoms with Gasteiger partial charge in [0.15, 0.2) is 11.6 Å². The maximum atomic E-state index is 13.3. The topological polar surface area (TPSA) is 58.7 Å². The molecule has 0 aliphatic carbocycles. The highest BCUT2D eigenvalue weighted by atomic mass is 19.1. The van der Waals surface area contributed by atoms with Crippen molar-refractivity contribution in [1.82, 2.24) is 0 Å².